The fourth-order valence-electron chi connectivity index (χ4n) is 3.35. The lowest BCUT2D eigenvalue weighted by atomic mass is 9.94. The number of esters is 1. The Bertz CT molecular complexity index is 979. The Balaban J connectivity index is 1.99. The zero-order valence-corrected chi connectivity index (χ0v) is 18.7. The summed E-state index contributed by atoms with van der Waals surface area (Å²) in [5.41, 5.74) is 3.27. The molecule has 0 bridgehead atoms. The van der Waals surface area contributed by atoms with E-state index in [0.29, 0.717) is 11.3 Å². The summed E-state index contributed by atoms with van der Waals surface area (Å²) in [5.74, 6) is -0.0690. The molecule has 0 amide bonds. The molecule has 0 aliphatic carbocycles. The van der Waals surface area contributed by atoms with Crippen LogP contribution in [-0.2, 0) is 20.3 Å². The molecule has 2 aromatic carbocycles. The molecule has 0 spiro atoms. The van der Waals surface area contributed by atoms with E-state index in [1.807, 2.05) is 63.2 Å². The van der Waals surface area contributed by atoms with Crippen LogP contribution in [0, 0.1) is 12.8 Å². The molecule has 0 radical (unpaired) electrons. The number of allylic oxidation sites excluding steroid dienone is 2. The van der Waals surface area contributed by atoms with Crippen LogP contribution in [0.25, 0.3) is 0 Å². The highest BCUT2D eigenvalue weighted by atomic mass is 32.2. The maximum atomic E-state index is 13.5. The molecular weight excluding hydrogens is 402 g/mol. The Kier molecular flexibility index (Phi) is 6.98. The quantitative estimate of drug-likeness (QED) is 0.530. The molecule has 0 saturated heterocycles. The summed E-state index contributed by atoms with van der Waals surface area (Å²) >= 11 is 1.67. The summed E-state index contributed by atoms with van der Waals surface area (Å²) in [6.07, 6.45) is 0. The minimum atomic E-state index is -1.39. The van der Waals surface area contributed by atoms with Crippen LogP contribution in [0.4, 0.5) is 0 Å². The maximum Gasteiger partial charge on any atom is 0.336 e. The Morgan fingerprint density at radius 2 is 1.76 bits per heavy atom. The average molecular weight is 428 g/mol. The van der Waals surface area contributed by atoms with Gasteiger partial charge in [-0.3, -0.25) is 0 Å². The number of aryl methyl sites for hydroxylation is 1. The Labute approximate surface area is 178 Å². The van der Waals surface area contributed by atoms with Crippen LogP contribution in [0.15, 0.2) is 86.3 Å². The van der Waals surface area contributed by atoms with Crippen molar-refractivity contribution in [2.75, 3.05) is 12.9 Å². The summed E-state index contributed by atoms with van der Waals surface area (Å²) in [6, 6.07) is 17.8. The Morgan fingerprint density at radius 1 is 1.10 bits per heavy atom. The van der Waals surface area contributed by atoms with Gasteiger partial charge in [0.15, 0.2) is 0 Å². The lowest BCUT2D eigenvalue weighted by Crippen LogP contribution is -2.31. The van der Waals surface area contributed by atoms with Crippen molar-refractivity contribution in [1.29, 1.82) is 0 Å². The van der Waals surface area contributed by atoms with Crippen LogP contribution < -0.4 is 5.32 Å². The lowest BCUT2D eigenvalue weighted by molar-refractivity contribution is -0.136. The number of hydrogen-bond acceptors (Lipinski definition) is 5. The molecule has 0 unspecified atom stereocenters. The van der Waals surface area contributed by atoms with Gasteiger partial charge in [-0.1, -0.05) is 42.8 Å². The first-order valence-electron chi connectivity index (χ1n) is 9.37. The number of carbonyl (C=O) groups excluding carboxylic acids is 1. The maximum absolute atomic E-state index is 13.5. The van der Waals surface area contributed by atoms with Crippen molar-refractivity contribution in [2.45, 2.75) is 30.6 Å². The van der Waals surface area contributed by atoms with Gasteiger partial charge in [-0.15, -0.1) is 11.8 Å². The van der Waals surface area contributed by atoms with E-state index in [0.717, 1.165) is 31.7 Å². The summed E-state index contributed by atoms with van der Waals surface area (Å²) in [4.78, 5) is 15.0. The van der Waals surface area contributed by atoms with E-state index >= 15 is 0 Å². The molecule has 1 aliphatic heterocycles. The first-order chi connectivity index (χ1) is 13.9. The smallest absolute Gasteiger partial charge is 0.336 e. The highest BCUT2D eigenvalue weighted by molar-refractivity contribution is 7.99. The van der Waals surface area contributed by atoms with Crippen molar-refractivity contribution in [3.05, 3.63) is 82.0 Å². The topological polar surface area (TPSA) is 55.4 Å². The largest absolute Gasteiger partial charge is 0.466 e. The van der Waals surface area contributed by atoms with Crippen molar-refractivity contribution >= 4 is 28.5 Å². The molecular formula is C23H25NO3S2. The summed E-state index contributed by atoms with van der Waals surface area (Å²) in [5, 5.41) is 3.34. The molecule has 152 valence electrons. The van der Waals surface area contributed by atoms with Gasteiger partial charge >= 0.3 is 5.97 Å². The zero-order chi connectivity index (χ0) is 21.0. The molecule has 1 aliphatic rings. The number of carbonyl (C=O) groups is 1. The van der Waals surface area contributed by atoms with Gasteiger partial charge in [0.2, 0.25) is 0 Å². The molecule has 4 nitrogen and oxygen atoms in total. The second kappa shape index (κ2) is 9.46. The van der Waals surface area contributed by atoms with Crippen LogP contribution >= 0.6 is 11.8 Å². The average Bonchev–Trinajstić information content (AvgIpc) is 2.72. The van der Waals surface area contributed by atoms with Crippen molar-refractivity contribution in [2.24, 2.45) is 5.92 Å². The number of hydrogen-bond donors (Lipinski definition) is 1. The Morgan fingerprint density at radius 3 is 2.38 bits per heavy atom. The minimum Gasteiger partial charge on any atom is -0.466 e. The monoisotopic (exact) mass is 427 g/mol. The van der Waals surface area contributed by atoms with E-state index in [1.165, 1.54) is 7.11 Å². The molecule has 0 saturated carbocycles. The molecule has 29 heavy (non-hydrogen) atoms. The molecule has 1 heterocycles. The van der Waals surface area contributed by atoms with E-state index in [2.05, 4.69) is 17.4 Å². The number of benzene rings is 2. The van der Waals surface area contributed by atoms with Gasteiger partial charge in [0.1, 0.15) is 0 Å². The summed E-state index contributed by atoms with van der Waals surface area (Å²) < 4.78 is 18.5. The summed E-state index contributed by atoms with van der Waals surface area (Å²) in [6.45, 7) is 5.78. The van der Waals surface area contributed by atoms with Gasteiger partial charge in [0.25, 0.3) is 0 Å². The van der Waals surface area contributed by atoms with E-state index in [-0.39, 0.29) is 5.92 Å². The van der Waals surface area contributed by atoms with Gasteiger partial charge in [-0.25, -0.2) is 9.00 Å². The fourth-order valence-corrected chi connectivity index (χ4v) is 5.76. The molecule has 0 aromatic heterocycles. The van der Waals surface area contributed by atoms with Gasteiger partial charge in [0.05, 0.1) is 23.5 Å². The second-order valence-corrected chi connectivity index (χ2v) is 9.40. The lowest BCUT2D eigenvalue weighted by Gasteiger charge is -2.29. The third-order valence-corrected chi connectivity index (χ3v) is 7.57. The first kappa shape index (κ1) is 21.4. The predicted molar refractivity (Wildman–Crippen MR) is 119 cm³/mol. The highest BCUT2D eigenvalue weighted by Gasteiger charge is 2.33. The third kappa shape index (κ3) is 4.82. The molecule has 3 rings (SSSR count). The van der Waals surface area contributed by atoms with Crippen molar-refractivity contribution in [3.8, 4) is 0 Å². The van der Waals surface area contributed by atoms with Crippen LogP contribution in [0.5, 0.6) is 0 Å². The van der Waals surface area contributed by atoms with Crippen LogP contribution in [0.2, 0.25) is 0 Å². The normalized spacial score (nSPS) is 17.7. The number of nitrogens with one attached hydrogen (secondary N) is 1. The molecule has 2 atom stereocenters. The number of methoxy groups -OCH3 is 1. The number of ether oxygens (including phenoxy) is 1. The van der Waals surface area contributed by atoms with Crippen molar-refractivity contribution in [1.82, 2.24) is 5.32 Å². The van der Waals surface area contributed by atoms with E-state index in [9.17, 15) is 9.00 Å². The minimum absolute atomic E-state index is 0.308. The fraction of sp³-hybridized carbons (Fsp3) is 0.261. The van der Waals surface area contributed by atoms with Crippen LogP contribution in [-0.4, -0.2) is 23.0 Å². The predicted octanol–water partition coefficient (Wildman–Crippen LogP) is 4.79. The van der Waals surface area contributed by atoms with Gasteiger partial charge in [0, 0.05) is 37.8 Å². The summed E-state index contributed by atoms with van der Waals surface area (Å²) in [7, 11) is -0.0170. The van der Waals surface area contributed by atoms with Crippen LogP contribution in [0.3, 0.4) is 0 Å². The number of thioether (sulfide) groups is 1. The Hall–Kier alpha value is -2.31. The molecule has 2 aromatic rings. The van der Waals surface area contributed by atoms with Gasteiger partial charge < -0.3 is 10.1 Å². The SMILES string of the molecule is COC(=O)C1=C(C)NC(CSc2ccccc2)=C([S@@](=O)c2ccc(C)cc2)[C@@H]1C. The first-order valence-corrected chi connectivity index (χ1v) is 11.5. The van der Waals surface area contributed by atoms with Crippen LogP contribution in [0.1, 0.15) is 19.4 Å². The highest BCUT2D eigenvalue weighted by Crippen LogP contribution is 2.36. The number of rotatable bonds is 6. The van der Waals surface area contributed by atoms with Gasteiger partial charge in [-0.2, -0.15) is 0 Å². The molecule has 0 fully saturated rings. The number of dihydropyridines is 1. The van der Waals surface area contributed by atoms with Gasteiger partial charge in [-0.05, 0) is 38.1 Å². The van der Waals surface area contributed by atoms with Crippen molar-refractivity contribution in [3.63, 3.8) is 0 Å². The standard InChI is InChI=1S/C23H25NO3S2/c1-15-10-12-19(13-11-15)29(26)22-16(2)21(23(25)27-4)17(3)24-20(22)14-28-18-8-6-5-7-9-18/h5-13,16,24H,14H2,1-4H3/t16-,29+/m1/s1. The second-order valence-electron chi connectivity index (χ2n) is 6.90. The zero-order valence-electron chi connectivity index (χ0n) is 17.0. The molecule has 1 N–H and O–H groups in total. The van der Waals surface area contributed by atoms with Crippen molar-refractivity contribution < 1.29 is 13.7 Å². The molecule has 6 heteroatoms. The van der Waals surface area contributed by atoms with E-state index in [4.69, 9.17) is 4.74 Å². The van der Waals surface area contributed by atoms with E-state index < -0.39 is 16.8 Å². The van der Waals surface area contributed by atoms with E-state index in [1.54, 1.807) is 11.8 Å². The third-order valence-electron chi connectivity index (χ3n) is 4.83.